The standard InChI is InChI=1S/C14H21N3O2S/c1-5-11(3)20(18,19)15-9-13-12-8-10(2)6-7-14(12)17(4)16-13/h6-8,11,15H,5,9H2,1-4H3/t11-/m1/s1. The van der Waals surface area contributed by atoms with Gasteiger partial charge in [0.25, 0.3) is 0 Å². The van der Waals surface area contributed by atoms with E-state index in [0.29, 0.717) is 6.42 Å². The molecule has 0 radical (unpaired) electrons. The Morgan fingerprint density at radius 1 is 1.40 bits per heavy atom. The molecule has 0 saturated heterocycles. The van der Waals surface area contributed by atoms with Crippen LogP contribution >= 0.6 is 0 Å². The maximum atomic E-state index is 12.0. The van der Waals surface area contributed by atoms with E-state index < -0.39 is 10.0 Å². The van der Waals surface area contributed by atoms with Crippen molar-refractivity contribution in [3.8, 4) is 0 Å². The molecule has 0 saturated carbocycles. The average Bonchev–Trinajstić information content (AvgIpc) is 2.71. The van der Waals surface area contributed by atoms with Crippen molar-refractivity contribution in [3.63, 3.8) is 0 Å². The van der Waals surface area contributed by atoms with Crippen LogP contribution in [-0.2, 0) is 23.6 Å². The minimum absolute atomic E-state index is 0.230. The normalized spacial score (nSPS) is 13.8. The second-order valence-electron chi connectivity index (χ2n) is 5.18. The first-order chi connectivity index (χ1) is 9.35. The number of sulfonamides is 1. The van der Waals surface area contributed by atoms with E-state index in [9.17, 15) is 8.42 Å². The Balaban J connectivity index is 2.29. The van der Waals surface area contributed by atoms with Crippen molar-refractivity contribution < 1.29 is 8.42 Å². The fourth-order valence-electron chi connectivity index (χ4n) is 2.11. The van der Waals surface area contributed by atoms with Crippen LogP contribution in [-0.4, -0.2) is 23.4 Å². The largest absolute Gasteiger partial charge is 0.268 e. The zero-order chi connectivity index (χ0) is 14.9. The van der Waals surface area contributed by atoms with Crippen molar-refractivity contribution in [1.29, 1.82) is 0 Å². The molecule has 1 heterocycles. The van der Waals surface area contributed by atoms with Gasteiger partial charge in [0.1, 0.15) is 0 Å². The van der Waals surface area contributed by atoms with Gasteiger partial charge in [0.05, 0.1) is 23.0 Å². The predicted molar refractivity (Wildman–Crippen MR) is 81.0 cm³/mol. The molecule has 0 unspecified atom stereocenters. The summed E-state index contributed by atoms with van der Waals surface area (Å²) in [4.78, 5) is 0. The Morgan fingerprint density at radius 3 is 2.75 bits per heavy atom. The molecule has 0 aliphatic rings. The van der Waals surface area contributed by atoms with Gasteiger partial charge in [-0.2, -0.15) is 5.10 Å². The van der Waals surface area contributed by atoms with Gasteiger partial charge in [-0.3, -0.25) is 4.68 Å². The van der Waals surface area contributed by atoms with Crippen LogP contribution in [0.15, 0.2) is 18.2 Å². The summed E-state index contributed by atoms with van der Waals surface area (Å²) in [5.74, 6) is 0. The third kappa shape index (κ3) is 2.86. The van der Waals surface area contributed by atoms with E-state index in [2.05, 4.69) is 9.82 Å². The lowest BCUT2D eigenvalue weighted by Crippen LogP contribution is -2.31. The predicted octanol–water partition coefficient (Wildman–Crippen LogP) is 2.10. The lowest BCUT2D eigenvalue weighted by atomic mass is 10.1. The Hall–Kier alpha value is -1.40. The van der Waals surface area contributed by atoms with E-state index in [0.717, 1.165) is 22.2 Å². The number of benzene rings is 1. The van der Waals surface area contributed by atoms with Crippen LogP contribution in [0, 0.1) is 6.92 Å². The fraction of sp³-hybridized carbons (Fsp3) is 0.500. The van der Waals surface area contributed by atoms with Gasteiger partial charge in [-0.25, -0.2) is 13.1 Å². The number of hydrogen-bond acceptors (Lipinski definition) is 3. The summed E-state index contributed by atoms with van der Waals surface area (Å²) in [5.41, 5.74) is 2.91. The van der Waals surface area contributed by atoms with Crippen molar-refractivity contribution >= 4 is 20.9 Å². The first-order valence-electron chi connectivity index (χ1n) is 6.76. The SMILES string of the molecule is CC[C@@H](C)S(=O)(=O)NCc1nn(C)c2ccc(C)cc12. The van der Waals surface area contributed by atoms with Gasteiger partial charge in [0.2, 0.25) is 10.0 Å². The molecule has 1 atom stereocenters. The lowest BCUT2D eigenvalue weighted by molar-refractivity contribution is 0.564. The molecule has 0 spiro atoms. The van der Waals surface area contributed by atoms with Crippen molar-refractivity contribution in [3.05, 3.63) is 29.5 Å². The summed E-state index contributed by atoms with van der Waals surface area (Å²) in [6.45, 7) is 5.82. The van der Waals surface area contributed by atoms with E-state index in [1.807, 2.05) is 39.1 Å². The maximum absolute atomic E-state index is 12.0. The van der Waals surface area contributed by atoms with Gasteiger partial charge in [-0.1, -0.05) is 18.6 Å². The highest BCUT2D eigenvalue weighted by Gasteiger charge is 2.19. The van der Waals surface area contributed by atoms with E-state index in [1.165, 1.54) is 0 Å². The van der Waals surface area contributed by atoms with Crippen molar-refractivity contribution in [2.45, 2.75) is 39.0 Å². The Labute approximate surface area is 120 Å². The molecular weight excluding hydrogens is 274 g/mol. The summed E-state index contributed by atoms with van der Waals surface area (Å²) >= 11 is 0. The van der Waals surface area contributed by atoms with E-state index in [1.54, 1.807) is 11.6 Å². The molecule has 1 aromatic carbocycles. The Bertz CT molecular complexity index is 719. The van der Waals surface area contributed by atoms with Crippen LogP contribution in [0.2, 0.25) is 0 Å². The highest BCUT2D eigenvalue weighted by Crippen LogP contribution is 2.19. The number of aryl methyl sites for hydroxylation is 2. The molecule has 6 heteroatoms. The molecule has 0 fully saturated rings. The number of nitrogens with zero attached hydrogens (tertiary/aromatic N) is 2. The molecule has 2 rings (SSSR count). The first-order valence-corrected chi connectivity index (χ1v) is 8.30. The van der Waals surface area contributed by atoms with Crippen LogP contribution in [0.3, 0.4) is 0 Å². The number of hydrogen-bond donors (Lipinski definition) is 1. The van der Waals surface area contributed by atoms with Crippen molar-refractivity contribution in [2.75, 3.05) is 0 Å². The van der Waals surface area contributed by atoms with Crippen LogP contribution in [0.1, 0.15) is 31.5 Å². The number of aromatic nitrogens is 2. The van der Waals surface area contributed by atoms with Gasteiger partial charge < -0.3 is 0 Å². The number of nitrogens with one attached hydrogen (secondary N) is 1. The van der Waals surface area contributed by atoms with E-state index in [4.69, 9.17) is 0 Å². The highest BCUT2D eigenvalue weighted by molar-refractivity contribution is 7.90. The zero-order valence-corrected chi connectivity index (χ0v) is 13.2. The quantitative estimate of drug-likeness (QED) is 0.918. The maximum Gasteiger partial charge on any atom is 0.214 e. The monoisotopic (exact) mass is 295 g/mol. The molecule has 1 aromatic heterocycles. The molecule has 5 nitrogen and oxygen atoms in total. The molecule has 110 valence electrons. The van der Waals surface area contributed by atoms with Gasteiger partial charge in [-0.15, -0.1) is 0 Å². The van der Waals surface area contributed by atoms with Gasteiger partial charge in [0.15, 0.2) is 0 Å². The molecule has 20 heavy (non-hydrogen) atoms. The smallest absolute Gasteiger partial charge is 0.214 e. The summed E-state index contributed by atoms with van der Waals surface area (Å²) < 4.78 is 28.4. The summed E-state index contributed by atoms with van der Waals surface area (Å²) in [6, 6.07) is 6.07. The van der Waals surface area contributed by atoms with Crippen LogP contribution < -0.4 is 4.72 Å². The lowest BCUT2D eigenvalue weighted by Gasteiger charge is -2.10. The van der Waals surface area contributed by atoms with Crippen molar-refractivity contribution in [1.82, 2.24) is 14.5 Å². The van der Waals surface area contributed by atoms with Crippen LogP contribution in [0.4, 0.5) is 0 Å². The Morgan fingerprint density at radius 2 is 2.10 bits per heavy atom. The van der Waals surface area contributed by atoms with E-state index >= 15 is 0 Å². The summed E-state index contributed by atoms with van der Waals surface area (Å²) in [6.07, 6.45) is 0.595. The van der Waals surface area contributed by atoms with E-state index in [-0.39, 0.29) is 11.8 Å². The second kappa shape index (κ2) is 5.54. The molecule has 0 aliphatic heterocycles. The highest BCUT2D eigenvalue weighted by atomic mass is 32.2. The first kappa shape index (κ1) is 15.0. The molecule has 0 aliphatic carbocycles. The van der Waals surface area contributed by atoms with Crippen LogP contribution in [0.5, 0.6) is 0 Å². The minimum Gasteiger partial charge on any atom is -0.268 e. The zero-order valence-electron chi connectivity index (χ0n) is 12.3. The number of fused-ring (bicyclic) bond motifs is 1. The third-order valence-electron chi connectivity index (χ3n) is 3.63. The molecular formula is C14H21N3O2S. The topological polar surface area (TPSA) is 64.0 Å². The average molecular weight is 295 g/mol. The molecule has 1 N–H and O–H groups in total. The summed E-state index contributed by atoms with van der Waals surface area (Å²) in [5, 5.41) is 5.02. The van der Waals surface area contributed by atoms with Crippen molar-refractivity contribution in [2.24, 2.45) is 7.05 Å². The van der Waals surface area contributed by atoms with Gasteiger partial charge in [-0.05, 0) is 32.4 Å². The summed E-state index contributed by atoms with van der Waals surface area (Å²) in [7, 11) is -1.41. The third-order valence-corrected chi connectivity index (χ3v) is 5.57. The van der Waals surface area contributed by atoms with Gasteiger partial charge in [0, 0.05) is 12.4 Å². The fourth-order valence-corrected chi connectivity index (χ4v) is 3.17. The second-order valence-corrected chi connectivity index (χ2v) is 7.36. The molecule has 2 aromatic rings. The molecule has 0 bridgehead atoms. The number of rotatable bonds is 5. The van der Waals surface area contributed by atoms with Gasteiger partial charge >= 0.3 is 0 Å². The minimum atomic E-state index is -3.28. The Kier molecular flexibility index (Phi) is 4.15. The van der Waals surface area contributed by atoms with Crippen LogP contribution in [0.25, 0.3) is 10.9 Å². The molecule has 0 amide bonds.